The molecule has 0 fully saturated rings. The van der Waals surface area contributed by atoms with Gasteiger partial charge >= 0.3 is 0 Å². The molecule has 0 spiro atoms. The van der Waals surface area contributed by atoms with E-state index in [0.29, 0.717) is 5.57 Å². The maximum absolute atomic E-state index is 12.3. The first-order valence-electron chi connectivity index (χ1n) is 3.08. The summed E-state index contributed by atoms with van der Waals surface area (Å²) in [6.07, 6.45) is 2.44. The molecule has 0 amide bonds. The van der Waals surface area contributed by atoms with Crippen LogP contribution < -0.4 is 0 Å². The number of nitrogens with one attached hydrogen (secondary N) is 1. The Morgan fingerprint density at radius 1 is 1.67 bits per heavy atom. The molecule has 2 heteroatoms. The SMILES string of the molecule is CCC/C(C)=C(\F)C=N. The summed E-state index contributed by atoms with van der Waals surface area (Å²) in [5.74, 6) is -0.392. The Balaban J connectivity index is 3.93. The van der Waals surface area contributed by atoms with Crippen LogP contribution in [0.2, 0.25) is 0 Å². The van der Waals surface area contributed by atoms with Crippen molar-refractivity contribution in [1.29, 1.82) is 5.41 Å². The molecule has 52 valence electrons. The van der Waals surface area contributed by atoms with Crippen molar-refractivity contribution in [2.24, 2.45) is 0 Å². The highest BCUT2D eigenvalue weighted by Crippen LogP contribution is 2.08. The third kappa shape index (κ3) is 3.01. The summed E-state index contributed by atoms with van der Waals surface area (Å²) >= 11 is 0. The van der Waals surface area contributed by atoms with Gasteiger partial charge in [-0.05, 0) is 18.9 Å². The predicted octanol–water partition coefficient (Wildman–Crippen LogP) is 2.68. The van der Waals surface area contributed by atoms with Crippen LogP contribution in [0.1, 0.15) is 26.7 Å². The first-order chi connectivity index (χ1) is 4.22. The quantitative estimate of drug-likeness (QED) is 0.566. The van der Waals surface area contributed by atoms with Crippen molar-refractivity contribution in [3.63, 3.8) is 0 Å². The molecule has 0 aromatic rings. The number of hydrogen-bond acceptors (Lipinski definition) is 1. The van der Waals surface area contributed by atoms with Gasteiger partial charge in [0.2, 0.25) is 0 Å². The fourth-order valence-corrected chi connectivity index (χ4v) is 0.618. The molecule has 1 nitrogen and oxygen atoms in total. The van der Waals surface area contributed by atoms with Gasteiger partial charge in [-0.15, -0.1) is 0 Å². The Bertz CT molecular complexity index is 127. The van der Waals surface area contributed by atoms with Crippen LogP contribution in [-0.2, 0) is 0 Å². The fourth-order valence-electron chi connectivity index (χ4n) is 0.618. The molecule has 0 bridgehead atoms. The summed E-state index contributed by atoms with van der Waals surface area (Å²) in [5.41, 5.74) is 0.674. The molecule has 0 atom stereocenters. The van der Waals surface area contributed by atoms with E-state index in [1.165, 1.54) is 0 Å². The number of hydrogen-bond donors (Lipinski definition) is 1. The van der Waals surface area contributed by atoms with Crippen LogP contribution in [0.15, 0.2) is 11.4 Å². The van der Waals surface area contributed by atoms with Crippen LogP contribution in [0, 0.1) is 5.41 Å². The lowest BCUT2D eigenvalue weighted by Gasteiger charge is -1.95. The molecule has 9 heavy (non-hydrogen) atoms. The summed E-state index contributed by atoms with van der Waals surface area (Å²) in [7, 11) is 0. The van der Waals surface area contributed by atoms with Gasteiger partial charge in [0, 0.05) is 0 Å². The minimum atomic E-state index is -0.392. The van der Waals surface area contributed by atoms with E-state index in [1.54, 1.807) is 6.92 Å². The Kier molecular flexibility index (Phi) is 3.93. The zero-order chi connectivity index (χ0) is 7.28. The standard InChI is InChI=1S/C7H12FN/c1-3-4-6(2)7(8)5-9/h5,9H,3-4H2,1-2H3/b7-6-,9-5?. The second kappa shape index (κ2) is 4.24. The van der Waals surface area contributed by atoms with Crippen LogP contribution in [0.5, 0.6) is 0 Å². The van der Waals surface area contributed by atoms with E-state index in [4.69, 9.17) is 5.41 Å². The average Bonchev–Trinajstić information content (AvgIpc) is 1.87. The highest BCUT2D eigenvalue weighted by molar-refractivity contribution is 5.73. The highest BCUT2D eigenvalue weighted by Gasteiger charge is 1.94. The smallest absolute Gasteiger partial charge is 0.139 e. The number of rotatable bonds is 3. The lowest BCUT2D eigenvalue weighted by molar-refractivity contribution is 0.661. The summed E-state index contributed by atoms with van der Waals surface area (Å²) in [6, 6.07) is 0. The third-order valence-corrected chi connectivity index (χ3v) is 1.16. The summed E-state index contributed by atoms with van der Waals surface area (Å²) in [5, 5.41) is 6.56. The van der Waals surface area contributed by atoms with Gasteiger partial charge < -0.3 is 5.41 Å². The molecule has 0 aromatic carbocycles. The van der Waals surface area contributed by atoms with E-state index in [2.05, 4.69) is 0 Å². The van der Waals surface area contributed by atoms with Gasteiger partial charge in [-0.25, -0.2) is 4.39 Å². The topological polar surface area (TPSA) is 23.9 Å². The second-order valence-electron chi connectivity index (χ2n) is 2.02. The van der Waals surface area contributed by atoms with Gasteiger partial charge in [0.1, 0.15) is 5.83 Å². The van der Waals surface area contributed by atoms with Crippen molar-refractivity contribution in [3.8, 4) is 0 Å². The minimum absolute atomic E-state index is 0.392. The largest absolute Gasteiger partial charge is 0.306 e. The highest BCUT2D eigenvalue weighted by atomic mass is 19.1. The molecule has 0 unspecified atom stereocenters. The zero-order valence-corrected chi connectivity index (χ0v) is 5.87. The van der Waals surface area contributed by atoms with Crippen LogP contribution >= 0.6 is 0 Å². The van der Waals surface area contributed by atoms with Gasteiger partial charge in [-0.2, -0.15) is 0 Å². The first kappa shape index (κ1) is 8.34. The normalized spacial score (nSPS) is 12.8. The van der Waals surface area contributed by atoms with Gasteiger partial charge in [0.05, 0.1) is 6.21 Å². The van der Waals surface area contributed by atoms with Gasteiger partial charge in [0.25, 0.3) is 0 Å². The van der Waals surface area contributed by atoms with E-state index in [1.807, 2.05) is 6.92 Å². The Labute approximate surface area is 55.1 Å². The van der Waals surface area contributed by atoms with Crippen LogP contribution in [-0.4, -0.2) is 6.21 Å². The van der Waals surface area contributed by atoms with E-state index >= 15 is 0 Å². The fraction of sp³-hybridized carbons (Fsp3) is 0.571. The maximum atomic E-state index is 12.3. The predicted molar refractivity (Wildman–Crippen MR) is 37.5 cm³/mol. The van der Waals surface area contributed by atoms with Crippen LogP contribution in [0.3, 0.4) is 0 Å². The lowest BCUT2D eigenvalue weighted by Crippen LogP contribution is -1.82. The molecule has 0 rings (SSSR count). The number of allylic oxidation sites excluding steroid dienone is 2. The van der Waals surface area contributed by atoms with Gasteiger partial charge in [-0.3, -0.25) is 0 Å². The monoisotopic (exact) mass is 129 g/mol. The third-order valence-electron chi connectivity index (χ3n) is 1.16. The summed E-state index contributed by atoms with van der Waals surface area (Å²) < 4.78 is 12.3. The van der Waals surface area contributed by atoms with Crippen molar-refractivity contribution < 1.29 is 4.39 Å². The van der Waals surface area contributed by atoms with E-state index < -0.39 is 5.83 Å². The van der Waals surface area contributed by atoms with Crippen molar-refractivity contribution in [2.75, 3.05) is 0 Å². The molecule has 0 aliphatic rings. The van der Waals surface area contributed by atoms with E-state index in [0.717, 1.165) is 19.1 Å². The first-order valence-corrected chi connectivity index (χ1v) is 3.08. The molecule has 0 aliphatic heterocycles. The average molecular weight is 129 g/mol. The van der Waals surface area contributed by atoms with Crippen molar-refractivity contribution in [1.82, 2.24) is 0 Å². The van der Waals surface area contributed by atoms with E-state index in [-0.39, 0.29) is 0 Å². The Hall–Kier alpha value is -0.660. The zero-order valence-electron chi connectivity index (χ0n) is 5.87. The Morgan fingerprint density at radius 3 is 2.56 bits per heavy atom. The molecule has 0 aliphatic carbocycles. The minimum Gasteiger partial charge on any atom is -0.306 e. The molecular formula is C7H12FN. The lowest BCUT2D eigenvalue weighted by atomic mass is 10.1. The molecule has 0 saturated carbocycles. The number of halogens is 1. The summed E-state index contributed by atoms with van der Waals surface area (Å²) in [6.45, 7) is 3.70. The molecule has 0 aromatic heterocycles. The van der Waals surface area contributed by atoms with Crippen LogP contribution in [0.25, 0.3) is 0 Å². The van der Waals surface area contributed by atoms with Crippen molar-refractivity contribution in [2.45, 2.75) is 26.7 Å². The van der Waals surface area contributed by atoms with Crippen molar-refractivity contribution in [3.05, 3.63) is 11.4 Å². The molecule has 0 saturated heterocycles. The summed E-state index contributed by atoms with van der Waals surface area (Å²) in [4.78, 5) is 0. The molecule has 0 heterocycles. The second-order valence-corrected chi connectivity index (χ2v) is 2.02. The van der Waals surface area contributed by atoms with Crippen molar-refractivity contribution >= 4 is 6.21 Å². The van der Waals surface area contributed by atoms with Gasteiger partial charge in [-0.1, -0.05) is 13.3 Å². The molecular weight excluding hydrogens is 117 g/mol. The molecule has 1 N–H and O–H groups in total. The molecule has 0 radical (unpaired) electrons. The maximum Gasteiger partial charge on any atom is 0.139 e. The van der Waals surface area contributed by atoms with Crippen LogP contribution in [0.4, 0.5) is 4.39 Å². The van der Waals surface area contributed by atoms with Gasteiger partial charge in [0.15, 0.2) is 0 Å². The Morgan fingerprint density at radius 2 is 2.22 bits per heavy atom. The van der Waals surface area contributed by atoms with E-state index in [9.17, 15) is 4.39 Å².